The van der Waals surface area contributed by atoms with Gasteiger partial charge < -0.3 is 16.0 Å². The van der Waals surface area contributed by atoms with Crippen molar-refractivity contribution in [1.82, 2.24) is 16.0 Å². The van der Waals surface area contributed by atoms with Crippen molar-refractivity contribution in [3.05, 3.63) is 70.3 Å². The minimum absolute atomic E-state index is 0.0456. The Morgan fingerprint density at radius 3 is 2.28 bits per heavy atom. The molecule has 0 bridgehead atoms. The van der Waals surface area contributed by atoms with E-state index < -0.39 is 0 Å². The molecular weight excluding hydrogens is 362 g/mol. The first-order chi connectivity index (χ1) is 13.9. The molecule has 0 heterocycles. The summed E-state index contributed by atoms with van der Waals surface area (Å²) in [6.45, 7) is 6.27. The van der Waals surface area contributed by atoms with E-state index in [-0.39, 0.29) is 24.0 Å². The molecule has 154 valence electrons. The average molecular weight is 394 g/mol. The van der Waals surface area contributed by atoms with E-state index in [1.807, 2.05) is 32.9 Å². The molecule has 0 saturated carbocycles. The topological polar surface area (TPSA) is 70.2 Å². The van der Waals surface area contributed by atoms with Crippen molar-refractivity contribution in [2.75, 3.05) is 0 Å². The first-order valence-electron chi connectivity index (χ1n) is 10.5. The van der Waals surface area contributed by atoms with Gasteiger partial charge in [0, 0.05) is 18.2 Å². The van der Waals surface area contributed by atoms with Gasteiger partial charge in [-0.3, -0.25) is 4.79 Å². The Morgan fingerprint density at radius 1 is 0.897 bits per heavy atom. The monoisotopic (exact) mass is 393 g/mol. The number of aryl methyl sites for hydroxylation is 2. The van der Waals surface area contributed by atoms with Crippen LogP contribution in [0.15, 0.2) is 42.5 Å². The third kappa shape index (κ3) is 5.83. The SMILES string of the molecule is CC(C)NC(=O)NCc1ccc(C(=O)NC(C)c2ccc3c(c2)CCCC3)cc1. The predicted molar refractivity (Wildman–Crippen MR) is 116 cm³/mol. The lowest BCUT2D eigenvalue weighted by molar-refractivity contribution is 0.0940. The molecule has 5 heteroatoms. The molecule has 0 saturated heterocycles. The Hall–Kier alpha value is -2.82. The molecule has 2 aromatic carbocycles. The van der Waals surface area contributed by atoms with Gasteiger partial charge in [-0.05, 0) is 80.8 Å². The first-order valence-corrected chi connectivity index (χ1v) is 10.5. The molecule has 3 amide bonds. The second kappa shape index (κ2) is 9.59. The first kappa shape index (κ1) is 20.9. The van der Waals surface area contributed by atoms with Gasteiger partial charge in [0.2, 0.25) is 0 Å². The minimum Gasteiger partial charge on any atom is -0.346 e. The average Bonchev–Trinajstić information content (AvgIpc) is 2.71. The van der Waals surface area contributed by atoms with Crippen LogP contribution < -0.4 is 16.0 Å². The van der Waals surface area contributed by atoms with E-state index in [0.29, 0.717) is 12.1 Å². The molecule has 29 heavy (non-hydrogen) atoms. The quantitative estimate of drug-likeness (QED) is 0.686. The maximum atomic E-state index is 12.6. The molecule has 1 aliphatic carbocycles. The highest BCUT2D eigenvalue weighted by molar-refractivity contribution is 5.94. The van der Waals surface area contributed by atoms with Gasteiger partial charge >= 0.3 is 6.03 Å². The molecule has 0 radical (unpaired) electrons. The number of hydrogen-bond acceptors (Lipinski definition) is 2. The van der Waals surface area contributed by atoms with Crippen molar-refractivity contribution in [1.29, 1.82) is 0 Å². The number of nitrogens with one attached hydrogen (secondary N) is 3. The van der Waals surface area contributed by atoms with Gasteiger partial charge in [-0.25, -0.2) is 4.79 Å². The Kier molecular flexibility index (Phi) is 6.91. The molecule has 0 fully saturated rings. The summed E-state index contributed by atoms with van der Waals surface area (Å²) >= 11 is 0. The summed E-state index contributed by atoms with van der Waals surface area (Å²) in [5.41, 5.74) is 5.59. The number of hydrogen-bond donors (Lipinski definition) is 3. The van der Waals surface area contributed by atoms with Crippen LogP contribution in [0.1, 0.15) is 72.3 Å². The van der Waals surface area contributed by atoms with Crippen LogP contribution in [0.2, 0.25) is 0 Å². The molecule has 1 atom stereocenters. The number of urea groups is 1. The fourth-order valence-electron chi connectivity index (χ4n) is 3.66. The highest BCUT2D eigenvalue weighted by Crippen LogP contribution is 2.25. The Bertz CT molecular complexity index is 859. The van der Waals surface area contributed by atoms with E-state index in [0.717, 1.165) is 24.0 Å². The fourth-order valence-corrected chi connectivity index (χ4v) is 3.66. The van der Waals surface area contributed by atoms with Gasteiger partial charge in [-0.15, -0.1) is 0 Å². The third-order valence-corrected chi connectivity index (χ3v) is 5.31. The molecule has 5 nitrogen and oxygen atoms in total. The van der Waals surface area contributed by atoms with Gasteiger partial charge in [-0.1, -0.05) is 30.3 Å². The minimum atomic E-state index is -0.194. The van der Waals surface area contributed by atoms with Crippen molar-refractivity contribution >= 4 is 11.9 Å². The van der Waals surface area contributed by atoms with Crippen LogP contribution in [-0.2, 0) is 19.4 Å². The number of fused-ring (bicyclic) bond motifs is 1. The van der Waals surface area contributed by atoms with Crippen LogP contribution in [0.3, 0.4) is 0 Å². The second-order valence-corrected chi connectivity index (χ2v) is 8.11. The molecule has 3 N–H and O–H groups in total. The highest BCUT2D eigenvalue weighted by atomic mass is 16.2. The van der Waals surface area contributed by atoms with Gasteiger partial charge in [-0.2, -0.15) is 0 Å². The summed E-state index contributed by atoms with van der Waals surface area (Å²) < 4.78 is 0. The zero-order chi connectivity index (χ0) is 20.8. The van der Waals surface area contributed by atoms with E-state index in [1.54, 1.807) is 12.1 Å². The lowest BCUT2D eigenvalue weighted by atomic mass is 9.89. The molecule has 1 unspecified atom stereocenters. The Labute approximate surface area is 173 Å². The van der Waals surface area contributed by atoms with Crippen molar-refractivity contribution in [2.24, 2.45) is 0 Å². The van der Waals surface area contributed by atoms with Crippen LogP contribution in [-0.4, -0.2) is 18.0 Å². The van der Waals surface area contributed by atoms with E-state index in [4.69, 9.17) is 0 Å². The Morgan fingerprint density at radius 2 is 1.59 bits per heavy atom. The van der Waals surface area contributed by atoms with E-state index >= 15 is 0 Å². The molecule has 3 rings (SSSR count). The molecule has 0 spiro atoms. The van der Waals surface area contributed by atoms with Gasteiger partial charge in [0.15, 0.2) is 0 Å². The lowest BCUT2D eigenvalue weighted by Crippen LogP contribution is -2.39. The van der Waals surface area contributed by atoms with Gasteiger partial charge in [0.25, 0.3) is 5.91 Å². The van der Waals surface area contributed by atoms with Crippen LogP contribution in [0.5, 0.6) is 0 Å². The summed E-state index contributed by atoms with van der Waals surface area (Å²) in [6, 6.07) is 13.8. The summed E-state index contributed by atoms with van der Waals surface area (Å²) in [5, 5.41) is 8.68. The van der Waals surface area contributed by atoms with Crippen LogP contribution >= 0.6 is 0 Å². The van der Waals surface area contributed by atoms with Gasteiger partial charge in [0.05, 0.1) is 6.04 Å². The standard InChI is InChI=1S/C24H31N3O2/c1-16(2)26-24(29)25-15-18-8-10-20(11-9-18)23(28)27-17(3)21-13-12-19-6-4-5-7-22(19)14-21/h8-14,16-17H,4-7,15H2,1-3H3,(H,27,28)(H2,25,26,29). The zero-order valence-corrected chi connectivity index (χ0v) is 17.5. The predicted octanol–water partition coefficient (Wildman–Crippen LogP) is 4.26. The molecule has 2 aromatic rings. The molecular formula is C24H31N3O2. The highest BCUT2D eigenvalue weighted by Gasteiger charge is 2.15. The smallest absolute Gasteiger partial charge is 0.315 e. The summed E-state index contributed by atoms with van der Waals surface area (Å²) in [7, 11) is 0. The van der Waals surface area contributed by atoms with E-state index in [9.17, 15) is 9.59 Å². The number of carbonyl (C=O) groups excluding carboxylic acids is 2. The maximum Gasteiger partial charge on any atom is 0.315 e. The van der Waals surface area contributed by atoms with E-state index in [1.165, 1.54) is 24.0 Å². The molecule has 0 aromatic heterocycles. The molecule has 0 aliphatic heterocycles. The van der Waals surface area contributed by atoms with Crippen LogP contribution in [0.25, 0.3) is 0 Å². The summed E-state index contributed by atoms with van der Waals surface area (Å²) in [6.07, 6.45) is 4.81. The number of carbonyl (C=O) groups is 2. The third-order valence-electron chi connectivity index (χ3n) is 5.31. The van der Waals surface area contributed by atoms with E-state index in [2.05, 4.69) is 34.1 Å². The second-order valence-electron chi connectivity index (χ2n) is 8.11. The van der Waals surface area contributed by atoms with Crippen LogP contribution in [0.4, 0.5) is 4.79 Å². The van der Waals surface area contributed by atoms with Crippen molar-refractivity contribution in [3.8, 4) is 0 Å². The van der Waals surface area contributed by atoms with Crippen LogP contribution in [0, 0.1) is 0 Å². The van der Waals surface area contributed by atoms with Crippen molar-refractivity contribution in [2.45, 2.75) is 65.1 Å². The fraction of sp³-hybridized carbons (Fsp3) is 0.417. The number of benzene rings is 2. The Balaban J connectivity index is 1.55. The number of rotatable bonds is 6. The van der Waals surface area contributed by atoms with Crippen molar-refractivity contribution < 1.29 is 9.59 Å². The summed E-state index contributed by atoms with van der Waals surface area (Å²) in [4.78, 5) is 24.3. The largest absolute Gasteiger partial charge is 0.346 e. The molecule has 1 aliphatic rings. The van der Waals surface area contributed by atoms with Crippen molar-refractivity contribution in [3.63, 3.8) is 0 Å². The summed E-state index contributed by atoms with van der Waals surface area (Å²) in [5.74, 6) is -0.0905. The number of amides is 3. The maximum absolute atomic E-state index is 12.6. The lowest BCUT2D eigenvalue weighted by Gasteiger charge is -2.20. The zero-order valence-electron chi connectivity index (χ0n) is 17.5. The normalized spacial score (nSPS) is 14.1. The van der Waals surface area contributed by atoms with Gasteiger partial charge in [0.1, 0.15) is 0 Å².